The summed E-state index contributed by atoms with van der Waals surface area (Å²) in [5.41, 5.74) is 1.67. The maximum atomic E-state index is 13.3. The molecule has 1 aromatic heterocycles. The molecule has 2 heterocycles. The number of rotatable bonds is 3. The van der Waals surface area contributed by atoms with Crippen molar-refractivity contribution >= 4 is 22.5 Å². The summed E-state index contributed by atoms with van der Waals surface area (Å²) in [5, 5.41) is 10.6. The molecule has 31 heavy (non-hydrogen) atoms. The van der Waals surface area contributed by atoms with Crippen molar-refractivity contribution in [3.8, 4) is 18.4 Å². The van der Waals surface area contributed by atoms with E-state index in [4.69, 9.17) is 6.42 Å². The van der Waals surface area contributed by atoms with Crippen LogP contribution in [0.3, 0.4) is 0 Å². The molecule has 7 heteroatoms. The second-order valence-corrected chi connectivity index (χ2v) is 7.29. The molecule has 0 saturated carbocycles. The molecule has 6 nitrogen and oxygen atoms in total. The molecule has 1 amide bonds. The quantitative estimate of drug-likeness (QED) is 0.617. The fourth-order valence-corrected chi connectivity index (χ4v) is 3.97. The van der Waals surface area contributed by atoms with Crippen molar-refractivity contribution in [1.29, 1.82) is 5.26 Å². The SMILES string of the molecule is C#CC(=O)N1CCN(c2c(C#N)c(=O)n(Cc3ccc(F)cc3)c3ccccc23)CC1. The average Bonchev–Trinajstić information content (AvgIpc) is 2.81. The number of pyridine rings is 1. The van der Waals surface area contributed by atoms with Crippen LogP contribution in [0.2, 0.25) is 0 Å². The minimum Gasteiger partial charge on any atom is -0.366 e. The Kier molecular flexibility index (Phi) is 5.43. The van der Waals surface area contributed by atoms with Gasteiger partial charge >= 0.3 is 0 Å². The average molecular weight is 414 g/mol. The molecule has 0 N–H and O–H groups in total. The van der Waals surface area contributed by atoms with E-state index in [1.807, 2.05) is 29.2 Å². The minimum absolute atomic E-state index is 0.0533. The predicted octanol–water partition coefficient (Wildman–Crippen LogP) is 2.34. The van der Waals surface area contributed by atoms with Gasteiger partial charge in [-0.15, -0.1) is 6.42 Å². The number of hydrogen-bond acceptors (Lipinski definition) is 4. The van der Waals surface area contributed by atoms with Crippen molar-refractivity contribution in [2.24, 2.45) is 0 Å². The second-order valence-electron chi connectivity index (χ2n) is 7.29. The van der Waals surface area contributed by atoms with Crippen LogP contribution in [0.5, 0.6) is 0 Å². The van der Waals surface area contributed by atoms with E-state index >= 15 is 0 Å². The van der Waals surface area contributed by atoms with Gasteiger partial charge in [-0.25, -0.2) is 4.39 Å². The highest BCUT2D eigenvalue weighted by Crippen LogP contribution is 2.30. The topological polar surface area (TPSA) is 69.3 Å². The summed E-state index contributed by atoms with van der Waals surface area (Å²) < 4.78 is 14.8. The van der Waals surface area contributed by atoms with Crippen LogP contribution in [0.4, 0.5) is 10.1 Å². The van der Waals surface area contributed by atoms with Crippen LogP contribution < -0.4 is 10.5 Å². The standard InChI is InChI=1S/C24H19FN4O2/c1-2-22(30)27-11-13-28(14-12-27)23-19-5-3-4-6-21(19)29(24(31)20(23)15-26)16-17-7-9-18(25)10-8-17/h1,3-10H,11-14,16H2. The normalized spacial score (nSPS) is 13.6. The first-order valence-corrected chi connectivity index (χ1v) is 9.84. The van der Waals surface area contributed by atoms with Gasteiger partial charge in [0, 0.05) is 31.6 Å². The zero-order chi connectivity index (χ0) is 22.0. The molecule has 0 bridgehead atoms. The van der Waals surface area contributed by atoms with Gasteiger partial charge in [0.2, 0.25) is 0 Å². The van der Waals surface area contributed by atoms with Crippen molar-refractivity contribution in [2.75, 3.05) is 31.1 Å². The highest BCUT2D eigenvalue weighted by molar-refractivity contribution is 5.96. The van der Waals surface area contributed by atoms with Crippen molar-refractivity contribution < 1.29 is 9.18 Å². The number of benzene rings is 2. The number of anilines is 1. The molecule has 3 aromatic rings. The Morgan fingerprint density at radius 2 is 1.74 bits per heavy atom. The number of amides is 1. The van der Waals surface area contributed by atoms with Crippen LogP contribution in [0.1, 0.15) is 11.1 Å². The summed E-state index contributed by atoms with van der Waals surface area (Å²) in [6.45, 7) is 1.99. The van der Waals surface area contributed by atoms with Gasteiger partial charge in [-0.05, 0) is 29.7 Å². The third-order valence-corrected chi connectivity index (χ3v) is 5.52. The monoisotopic (exact) mass is 414 g/mol. The van der Waals surface area contributed by atoms with Gasteiger partial charge in [0.15, 0.2) is 0 Å². The molecule has 0 spiro atoms. The largest absolute Gasteiger partial charge is 0.366 e. The molecule has 0 aliphatic carbocycles. The van der Waals surface area contributed by atoms with E-state index < -0.39 is 5.56 Å². The smallest absolute Gasteiger partial charge is 0.298 e. The molecule has 4 rings (SSSR count). The van der Waals surface area contributed by atoms with Crippen LogP contribution in [0.15, 0.2) is 53.3 Å². The van der Waals surface area contributed by atoms with Crippen LogP contribution in [0, 0.1) is 29.5 Å². The summed E-state index contributed by atoms with van der Waals surface area (Å²) in [5.74, 6) is 1.41. The van der Waals surface area contributed by atoms with E-state index in [1.165, 1.54) is 12.1 Å². The van der Waals surface area contributed by atoms with E-state index in [1.54, 1.807) is 21.6 Å². The zero-order valence-electron chi connectivity index (χ0n) is 16.7. The van der Waals surface area contributed by atoms with E-state index in [2.05, 4.69) is 12.0 Å². The number of carbonyl (C=O) groups excluding carboxylic acids is 1. The van der Waals surface area contributed by atoms with Crippen molar-refractivity contribution in [2.45, 2.75) is 6.54 Å². The first-order valence-electron chi connectivity index (χ1n) is 9.84. The van der Waals surface area contributed by atoms with Gasteiger partial charge in [-0.2, -0.15) is 5.26 Å². The lowest BCUT2D eigenvalue weighted by molar-refractivity contribution is -0.125. The third-order valence-electron chi connectivity index (χ3n) is 5.52. The number of nitriles is 1. The Bertz CT molecular complexity index is 1290. The van der Waals surface area contributed by atoms with E-state index in [-0.39, 0.29) is 23.8 Å². The Morgan fingerprint density at radius 1 is 1.06 bits per heavy atom. The van der Waals surface area contributed by atoms with Crippen molar-refractivity contribution in [3.05, 3.63) is 75.8 Å². The Morgan fingerprint density at radius 3 is 2.39 bits per heavy atom. The maximum Gasteiger partial charge on any atom is 0.298 e. The third kappa shape index (κ3) is 3.74. The molecule has 0 unspecified atom stereocenters. The van der Waals surface area contributed by atoms with E-state index in [0.29, 0.717) is 37.4 Å². The number of nitrogens with zero attached hydrogens (tertiary/aromatic N) is 4. The summed E-state index contributed by atoms with van der Waals surface area (Å²) >= 11 is 0. The summed E-state index contributed by atoms with van der Waals surface area (Å²) in [6.07, 6.45) is 5.21. The Labute approximate surface area is 178 Å². The highest BCUT2D eigenvalue weighted by Gasteiger charge is 2.26. The number of aromatic nitrogens is 1. The van der Waals surface area contributed by atoms with Gasteiger partial charge < -0.3 is 14.4 Å². The number of carbonyl (C=O) groups is 1. The zero-order valence-corrected chi connectivity index (χ0v) is 16.7. The van der Waals surface area contributed by atoms with Crippen molar-refractivity contribution in [1.82, 2.24) is 9.47 Å². The van der Waals surface area contributed by atoms with Crippen LogP contribution in [-0.2, 0) is 11.3 Å². The fraction of sp³-hybridized carbons (Fsp3) is 0.208. The molecule has 0 radical (unpaired) electrons. The van der Waals surface area contributed by atoms with Gasteiger partial charge in [0.1, 0.15) is 17.4 Å². The van der Waals surface area contributed by atoms with E-state index in [0.717, 1.165) is 10.9 Å². The molecular formula is C24H19FN4O2. The Balaban J connectivity index is 1.80. The molecule has 1 saturated heterocycles. The van der Waals surface area contributed by atoms with Gasteiger partial charge in [-0.1, -0.05) is 30.3 Å². The Hall–Kier alpha value is -4.10. The minimum atomic E-state index is -0.400. The van der Waals surface area contributed by atoms with Crippen LogP contribution in [0.25, 0.3) is 10.9 Å². The molecule has 154 valence electrons. The van der Waals surface area contributed by atoms with Gasteiger partial charge in [-0.3, -0.25) is 9.59 Å². The lowest BCUT2D eigenvalue weighted by Gasteiger charge is -2.36. The number of para-hydroxylation sites is 1. The number of terminal acetylenes is 1. The number of fused-ring (bicyclic) bond motifs is 1. The van der Waals surface area contributed by atoms with Gasteiger partial charge in [0.25, 0.3) is 11.5 Å². The van der Waals surface area contributed by atoms with Gasteiger partial charge in [0.05, 0.1) is 17.7 Å². The molecular weight excluding hydrogens is 395 g/mol. The lowest BCUT2D eigenvalue weighted by Crippen LogP contribution is -2.49. The van der Waals surface area contributed by atoms with E-state index in [9.17, 15) is 19.2 Å². The van der Waals surface area contributed by atoms with Crippen LogP contribution in [-0.4, -0.2) is 41.6 Å². The molecule has 2 aromatic carbocycles. The number of hydrogen-bond donors (Lipinski definition) is 0. The number of halogens is 1. The highest BCUT2D eigenvalue weighted by atomic mass is 19.1. The molecule has 1 aliphatic rings. The lowest BCUT2D eigenvalue weighted by atomic mass is 10.1. The first kappa shape index (κ1) is 20.2. The predicted molar refractivity (Wildman–Crippen MR) is 116 cm³/mol. The summed E-state index contributed by atoms with van der Waals surface area (Å²) in [6, 6.07) is 15.4. The van der Waals surface area contributed by atoms with Crippen molar-refractivity contribution in [3.63, 3.8) is 0 Å². The number of piperazine rings is 1. The van der Waals surface area contributed by atoms with Crippen LogP contribution >= 0.6 is 0 Å². The fourth-order valence-electron chi connectivity index (χ4n) is 3.97. The molecule has 0 atom stereocenters. The summed E-state index contributed by atoms with van der Waals surface area (Å²) in [4.78, 5) is 28.6. The molecule has 1 aliphatic heterocycles. The maximum absolute atomic E-state index is 13.3. The second kappa shape index (κ2) is 8.33. The molecule has 1 fully saturated rings. The first-order chi connectivity index (χ1) is 15.0. The summed E-state index contributed by atoms with van der Waals surface area (Å²) in [7, 11) is 0.